The van der Waals surface area contributed by atoms with Gasteiger partial charge in [0.15, 0.2) is 0 Å². The van der Waals surface area contributed by atoms with E-state index in [4.69, 9.17) is 9.84 Å². The molecule has 0 atom stereocenters. The molecule has 2 rings (SSSR count). The van der Waals surface area contributed by atoms with Gasteiger partial charge in [0.1, 0.15) is 12.1 Å². The van der Waals surface area contributed by atoms with Gasteiger partial charge < -0.3 is 14.8 Å². The zero-order chi connectivity index (χ0) is 13.8. The zero-order valence-electron chi connectivity index (χ0n) is 9.84. The van der Waals surface area contributed by atoms with Crippen molar-refractivity contribution in [2.75, 3.05) is 11.9 Å². The molecule has 98 valence electrons. The van der Waals surface area contributed by atoms with Crippen LogP contribution in [0.15, 0.2) is 30.9 Å². The van der Waals surface area contributed by atoms with E-state index in [1.807, 2.05) is 0 Å². The predicted molar refractivity (Wildman–Crippen MR) is 68.2 cm³/mol. The zero-order valence-corrected chi connectivity index (χ0v) is 9.84. The number of benzene rings is 1. The molecule has 0 aliphatic carbocycles. The number of rotatable bonds is 4. The number of carbonyl (C=O) groups excluding carboxylic acids is 1. The van der Waals surface area contributed by atoms with Crippen LogP contribution < -0.4 is 5.32 Å². The maximum Gasteiger partial charge on any atom is 0.414 e. The van der Waals surface area contributed by atoms with E-state index < -0.39 is 12.1 Å². The number of anilines is 1. The molecule has 7 heteroatoms. The number of hydrogen-bond donors (Lipinski definition) is 3. The summed E-state index contributed by atoms with van der Waals surface area (Å²) in [5.41, 5.74) is 0.842. The van der Waals surface area contributed by atoms with Crippen LogP contribution in [0.1, 0.15) is 10.4 Å². The first-order chi connectivity index (χ1) is 9.11. The van der Waals surface area contributed by atoms with Crippen LogP contribution in [0.3, 0.4) is 0 Å². The summed E-state index contributed by atoms with van der Waals surface area (Å²) in [6.07, 6.45) is 0.733. The molecule has 2 aromatic rings. The third-order valence-electron chi connectivity index (χ3n) is 2.30. The van der Waals surface area contributed by atoms with Crippen LogP contribution in [0.2, 0.25) is 0 Å². The molecule has 1 aromatic carbocycles. The van der Waals surface area contributed by atoms with Gasteiger partial charge in [-0.25, -0.2) is 14.6 Å². The van der Waals surface area contributed by atoms with Crippen LogP contribution in [0.25, 0.3) is 11.0 Å². The number of hydrogen-bond acceptors (Lipinski definition) is 4. The maximum atomic E-state index is 11.3. The van der Waals surface area contributed by atoms with Crippen LogP contribution in [0.5, 0.6) is 0 Å². The monoisotopic (exact) mass is 261 g/mol. The first kappa shape index (κ1) is 12.6. The molecule has 0 radical (unpaired) electrons. The standard InChI is InChI=1S/C12H11N3O4/c1-2-6-19-12(18)15-11-13-8-5-3-4-7(10(16)17)9(8)14-11/h2-5H,1,6H2,(H,16,17)(H2,13,14,15,18). The predicted octanol–water partition coefficient (Wildman–Crippen LogP) is 2.00. The molecule has 0 bridgehead atoms. The maximum absolute atomic E-state index is 11.3. The van der Waals surface area contributed by atoms with Crippen molar-refractivity contribution in [2.24, 2.45) is 0 Å². The van der Waals surface area contributed by atoms with Crippen molar-refractivity contribution in [1.82, 2.24) is 9.97 Å². The van der Waals surface area contributed by atoms with E-state index in [0.29, 0.717) is 5.52 Å². The molecule has 0 aliphatic heterocycles. The van der Waals surface area contributed by atoms with Gasteiger partial charge in [0, 0.05) is 0 Å². The number of H-pyrrole nitrogens is 1. The lowest BCUT2D eigenvalue weighted by Crippen LogP contribution is -2.14. The minimum absolute atomic E-state index is 0.0567. The van der Waals surface area contributed by atoms with Crippen LogP contribution in [0.4, 0.5) is 10.7 Å². The van der Waals surface area contributed by atoms with E-state index >= 15 is 0 Å². The molecule has 0 aliphatic rings. The topological polar surface area (TPSA) is 104 Å². The Morgan fingerprint density at radius 1 is 1.53 bits per heavy atom. The first-order valence-corrected chi connectivity index (χ1v) is 5.38. The lowest BCUT2D eigenvalue weighted by molar-refractivity contribution is 0.0699. The van der Waals surface area contributed by atoms with Crippen LogP contribution in [-0.2, 0) is 4.74 Å². The minimum Gasteiger partial charge on any atom is -0.478 e. The van der Waals surface area contributed by atoms with Gasteiger partial charge in [-0.15, -0.1) is 0 Å². The number of imidazole rings is 1. The largest absolute Gasteiger partial charge is 0.478 e. The number of carbonyl (C=O) groups is 2. The summed E-state index contributed by atoms with van der Waals surface area (Å²) in [5.74, 6) is -0.962. The Kier molecular flexibility index (Phi) is 3.46. The van der Waals surface area contributed by atoms with Crippen molar-refractivity contribution >= 4 is 29.0 Å². The van der Waals surface area contributed by atoms with Crippen molar-refractivity contribution in [3.63, 3.8) is 0 Å². The van der Waals surface area contributed by atoms with Crippen molar-refractivity contribution in [3.05, 3.63) is 36.4 Å². The van der Waals surface area contributed by atoms with Gasteiger partial charge in [-0.3, -0.25) is 5.32 Å². The Hall–Kier alpha value is -2.83. The highest BCUT2D eigenvalue weighted by atomic mass is 16.5. The summed E-state index contributed by atoms with van der Waals surface area (Å²) >= 11 is 0. The molecule has 0 spiro atoms. The number of para-hydroxylation sites is 1. The second-order valence-electron chi connectivity index (χ2n) is 3.60. The Morgan fingerprint density at radius 2 is 2.32 bits per heavy atom. The Labute approximate surface area is 107 Å². The van der Waals surface area contributed by atoms with E-state index in [-0.39, 0.29) is 23.6 Å². The average molecular weight is 261 g/mol. The number of nitrogens with one attached hydrogen (secondary N) is 2. The number of fused-ring (bicyclic) bond motifs is 1. The molecule has 0 unspecified atom stereocenters. The number of carboxylic acid groups (broad SMARTS) is 1. The Morgan fingerprint density at radius 3 is 3.00 bits per heavy atom. The second kappa shape index (κ2) is 5.21. The molecular weight excluding hydrogens is 250 g/mol. The number of aromatic nitrogens is 2. The first-order valence-electron chi connectivity index (χ1n) is 5.38. The molecule has 19 heavy (non-hydrogen) atoms. The van der Waals surface area contributed by atoms with Crippen LogP contribution >= 0.6 is 0 Å². The second-order valence-corrected chi connectivity index (χ2v) is 3.60. The lowest BCUT2D eigenvalue weighted by Gasteiger charge is -2.00. The Bertz CT molecular complexity index is 647. The normalized spacial score (nSPS) is 10.1. The summed E-state index contributed by atoms with van der Waals surface area (Å²) in [7, 11) is 0. The van der Waals surface area contributed by atoms with Crippen molar-refractivity contribution in [2.45, 2.75) is 0 Å². The molecule has 0 saturated heterocycles. The summed E-state index contributed by atoms with van der Waals surface area (Å²) in [6, 6.07) is 4.68. The highest BCUT2D eigenvalue weighted by Crippen LogP contribution is 2.18. The van der Waals surface area contributed by atoms with E-state index in [1.165, 1.54) is 12.1 Å². The highest BCUT2D eigenvalue weighted by Gasteiger charge is 2.13. The molecule has 3 N–H and O–H groups in total. The summed E-state index contributed by atoms with van der Waals surface area (Å²) < 4.78 is 4.72. The molecule has 1 heterocycles. The molecular formula is C12H11N3O4. The minimum atomic E-state index is -1.09. The third-order valence-corrected chi connectivity index (χ3v) is 2.30. The highest BCUT2D eigenvalue weighted by molar-refractivity contribution is 6.01. The van der Waals surface area contributed by atoms with Gasteiger partial charge in [-0.05, 0) is 12.1 Å². The molecule has 0 fully saturated rings. The number of nitrogens with zero attached hydrogens (tertiary/aromatic N) is 1. The average Bonchev–Trinajstić information content (AvgIpc) is 2.77. The van der Waals surface area contributed by atoms with Crippen molar-refractivity contribution in [1.29, 1.82) is 0 Å². The summed E-state index contributed by atoms with van der Waals surface area (Å²) in [5, 5.41) is 11.4. The number of aromatic amines is 1. The van der Waals surface area contributed by atoms with E-state index in [0.717, 1.165) is 0 Å². The van der Waals surface area contributed by atoms with Gasteiger partial charge >= 0.3 is 12.1 Å². The van der Waals surface area contributed by atoms with Gasteiger partial charge in [0.25, 0.3) is 0 Å². The van der Waals surface area contributed by atoms with Crippen molar-refractivity contribution < 1.29 is 19.4 Å². The van der Waals surface area contributed by atoms with Gasteiger partial charge in [-0.2, -0.15) is 0 Å². The number of aromatic carboxylic acids is 1. The molecule has 1 aromatic heterocycles. The molecule has 0 saturated carbocycles. The lowest BCUT2D eigenvalue weighted by atomic mass is 10.2. The van der Waals surface area contributed by atoms with E-state index in [2.05, 4.69) is 21.9 Å². The van der Waals surface area contributed by atoms with E-state index in [9.17, 15) is 9.59 Å². The van der Waals surface area contributed by atoms with Gasteiger partial charge in [-0.1, -0.05) is 18.7 Å². The van der Waals surface area contributed by atoms with Crippen LogP contribution in [-0.4, -0.2) is 33.7 Å². The van der Waals surface area contributed by atoms with Gasteiger partial charge in [0.2, 0.25) is 5.95 Å². The number of carboxylic acids is 1. The Balaban J connectivity index is 2.26. The van der Waals surface area contributed by atoms with E-state index in [1.54, 1.807) is 12.1 Å². The van der Waals surface area contributed by atoms with Gasteiger partial charge in [0.05, 0.1) is 11.1 Å². The fourth-order valence-electron chi connectivity index (χ4n) is 1.53. The quantitative estimate of drug-likeness (QED) is 0.730. The summed E-state index contributed by atoms with van der Waals surface area (Å²) in [4.78, 5) is 29.1. The molecule has 7 nitrogen and oxygen atoms in total. The molecule has 1 amide bonds. The number of amides is 1. The summed E-state index contributed by atoms with van der Waals surface area (Å²) in [6.45, 7) is 3.49. The number of ether oxygens (including phenoxy) is 1. The van der Waals surface area contributed by atoms with Crippen molar-refractivity contribution in [3.8, 4) is 0 Å². The van der Waals surface area contributed by atoms with Crippen LogP contribution in [0, 0.1) is 0 Å². The fraction of sp³-hybridized carbons (Fsp3) is 0.0833. The fourth-order valence-corrected chi connectivity index (χ4v) is 1.53. The smallest absolute Gasteiger partial charge is 0.414 e. The SMILES string of the molecule is C=CCOC(=O)Nc1nc2c(C(=O)O)cccc2[nH]1. The third kappa shape index (κ3) is 2.71.